The van der Waals surface area contributed by atoms with E-state index in [1.165, 1.54) is 18.0 Å². The van der Waals surface area contributed by atoms with Gasteiger partial charge in [0.1, 0.15) is 0 Å². The summed E-state index contributed by atoms with van der Waals surface area (Å²) < 4.78 is 4.97. The van der Waals surface area contributed by atoms with Crippen molar-refractivity contribution in [2.24, 2.45) is 0 Å². The monoisotopic (exact) mass is 369 g/mol. The third-order valence-electron chi connectivity index (χ3n) is 4.46. The van der Waals surface area contributed by atoms with Gasteiger partial charge in [-0.3, -0.25) is 9.69 Å². The molecule has 3 N–H and O–H groups in total. The summed E-state index contributed by atoms with van der Waals surface area (Å²) in [6, 6.07) is 10.4. The van der Waals surface area contributed by atoms with Gasteiger partial charge < -0.3 is 15.8 Å². The van der Waals surface area contributed by atoms with Crippen LogP contribution in [0.2, 0.25) is 0 Å². The van der Waals surface area contributed by atoms with Crippen molar-refractivity contribution in [2.45, 2.75) is 25.4 Å². The lowest BCUT2D eigenvalue weighted by Crippen LogP contribution is -2.45. The molecule has 2 aromatic rings. The summed E-state index contributed by atoms with van der Waals surface area (Å²) in [6.45, 7) is 2.38. The fourth-order valence-corrected chi connectivity index (χ4v) is 3.05. The second kappa shape index (κ2) is 9.09. The zero-order chi connectivity index (χ0) is 19.1. The molecule has 0 unspecified atom stereocenters. The van der Waals surface area contributed by atoms with Gasteiger partial charge in [-0.25, -0.2) is 14.8 Å². The van der Waals surface area contributed by atoms with Crippen LogP contribution in [0.15, 0.2) is 42.7 Å². The molecule has 0 radical (unpaired) electrons. The fourth-order valence-electron chi connectivity index (χ4n) is 3.05. The number of nitrogens with two attached hydrogens (primary N) is 1. The van der Waals surface area contributed by atoms with Gasteiger partial charge in [0.15, 0.2) is 18.1 Å². The van der Waals surface area contributed by atoms with Crippen molar-refractivity contribution in [3.05, 3.63) is 54.0 Å². The van der Waals surface area contributed by atoms with Gasteiger partial charge in [-0.2, -0.15) is 0 Å². The quantitative estimate of drug-likeness (QED) is 0.731. The number of benzene rings is 1. The number of esters is 1. The predicted octanol–water partition coefficient (Wildman–Crippen LogP) is 0.996. The molecule has 1 aliphatic rings. The summed E-state index contributed by atoms with van der Waals surface area (Å²) in [5.74, 6) is -1.10. The largest absolute Gasteiger partial charge is 0.451 e. The molecule has 142 valence electrons. The molecule has 1 aliphatic heterocycles. The summed E-state index contributed by atoms with van der Waals surface area (Å²) in [4.78, 5) is 33.9. The van der Waals surface area contributed by atoms with Gasteiger partial charge in [0.2, 0.25) is 0 Å². The highest BCUT2D eigenvalue weighted by molar-refractivity contribution is 5.93. The van der Waals surface area contributed by atoms with Crippen LogP contribution in [0.4, 0.5) is 5.82 Å². The lowest BCUT2D eigenvalue weighted by Gasteiger charge is -2.32. The van der Waals surface area contributed by atoms with Crippen molar-refractivity contribution in [1.82, 2.24) is 20.2 Å². The lowest BCUT2D eigenvalue weighted by molar-refractivity contribution is -0.125. The number of carbonyl (C=O) groups is 2. The Bertz CT molecular complexity index is 776. The highest BCUT2D eigenvalue weighted by Gasteiger charge is 2.22. The Hall–Kier alpha value is -3.00. The van der Waals surface area contributed by atoms with E-state index in [0.29, 0.717) is 0 Å². The molecule has 1 saturated heterocycles. The van der Waals surface area contributed by atoms with Crippen LogP contribution >= 0.6 is 0 Å². The van der Waals surface area contributed by atoms with Crippen molar-refractivity contribution in [2.75, 3.05) is 25.4 Å². The average Bonchev–Trinajstić information content (AvgIpc) is 2.69. The van der Waals surface area contributed by atoms with Gasteiger partial charge >= 0.3 is 5.97 Å². The van der Waals surface area contributed by atoms with E-state index in [0.717, 1.165) is 32.5 Å². The van der Waals surface area contributed by atoms with Crippen LogP contribution < -0.4 is 11.1 Å². The number of amides is 1. The van der Waals surface area contributed by atoms with E-state index in [1.54, 1.807) is 0 Å². The molecule has 8 nitrogen and oxygen atoms in total. The van der Waals surface area contributed by atoms with Crippen molar-refractivity contribution in [3.63, 3.8) is 0 Å². The summed E-state index contributed by atoms with van der Waals surface area (Å²) in [5, 5.41) is 2.91. The number of hydrogen-bond donors (Lipinski definition) is 2. The van der Waals surface area contributed by atoms with Gasteiger partial charge in [-0.1, -0.05) is 30.3 Å². The molecule has 3 rings (SSSR count). The number of carbonyl (C=O) groups excluding carboxylic acids is 2. The van der Waals surface area contributed by atoms with Crippen molar-refractivity contribution >= 4 is 17.7 Å². The molecule has 0 bridgehead atoms. The third kappa shape index (κ3) is 5.49. The van der Waals surface area contributed by atoms with Crippen LogP contribution in [0.25, 0.3) is 0 Å². The van der Waals surface area contributed by atoms with Crippen LogP contribution in [0.1, 0.15) is 28.9 Å². The molecular weight excluding hydrogens is 346 g/mol. The molecule has 0 atom stereocenters. The minimum absolute atomic E-state index is 0.0197. The predicted molar refractivity (Wildman–Crippen MR) is 99.6 cm³/mol. The van der Waals surface area contributed by atoms with Crippen molar-refractivity contribution in [1.29, 1.82) is 0 Å². The zero-order valence-corrected chi connectivity index (χ0v) is 15.0. The van der Waals surface area contributed by atoms with Gasteiger partial charge in [0.05, 0.1) is 0 Å². The Balaban J connectivity index is 1.38. The maximum absolute atomic E-state index is 12.0. The molecule has 27 heavy (non-hydrogen) atoms. The minimum Gasteiger partial charge on any atom is -0.451 e. The molecular formula is C19H23N5O3. The van der Waals surface area contributed by atoms with E-state index in [9.17, 15) is 9.59 Å². The number of likely N-dealkylation sites (tertiary alicyclic amines) is 1. The third-order valence-corrected chi connectivity index (χ3v) is 4.46. The average molecular weight is 369 g/mol. The molecule has 0 aliphatic carbocycles. The van der Waals surface area contributed by atoms with Crippen molar-refractivity contribution in [3.8, 4) is 0 Å². The second-order valence-corrected chi connectivity index (χ2v) is 6.47. The maximum Gasteiger partial charge on any atom is 0.361 e. The van der Waals surface area contributed by atoms with Crippen molar-refractivity contribution < 1.29 is 14.3 Å². The Morgan fingerprint density at radius 3 is 2.56 bits per heavy atom. The van der Waals surface area contributed by atoms with Gasteiger partial charge in [-0.15, -0.1) is 0 Å². The SMILES string of the molecule is Nc1nccnc1C(=O)OCC(=O)NC1CCN(Cc2ccccc2)CC1. The lowest BCUT2D eigenvalue weighted by atomic mass is 10.0. The standard InChI is InChI=1S/C19H23N5O3/c20-18-17(21-8-9-22-18)19(26)27-13-16(25)23-15-6-10-24(11-7-15)12-14-4-2-1-3-5-14/h1-5,8-9,15H,6-7,10-13H2,(H2,20,22)(H,23,25). The zero-order valence-electron chi connectivity index (χ0n) is 15.0. The Labute approximate surface area is 157 Å². The number of hydrogen-bond acceptors (Lipinski definition) is 7. The Morgan fingerprint density at radius 1 is 1.15 bits per heavy atom. The number of rotatable bonds is 6. The first-order chi connectivity index (χ1) is 13.1. The van der Waals surface area contributed by atoms with Crippen LogP contribution in [0, 0.1) is 0 Å². The van der Waals surface area contributed by atoms with E-state index < -0.39 is 5.97 Å². The molecule has 0 saturated carbocycles. The summed E-state index contributed by atoms with van der Waals surface area (Å²) >= 11 is 0. The van der Waals surface area contributed by atoms with E-state index in [2.05, 4.69) is 32.3 Å². The smallest absolute Gasteiger partial charge is 0.361 e. The highest BCUT2D eigenvalue weighted by atomic mass is 16.5. The van der Waals surface area contributed by atoms with Gasteiger partial charge in [0.25, 0.3) is 5.91 Å². The molecule has 1 fully saturated rings. The molecule has 1 aromatic carbocycles. The topological polar surface area (TPSA) is 110 Å². The fraction of sp³-hybridized carbons (Fsp3) is 0.368. The number of aromatic nitrogens is 2. The first-order valence-corrected chi connectivity index (χ1v) is 8.91. The van der Waals surface area contributed by atoms with Crippen LogP contribution in [0.5, 0.6) is 0 Å². The first kappa shape index (κ1) is 18.8. The summed E-state index contributed by atoms with van der Waals surface area (Å²) in [5.41, 5.74) is 6.77. The second-order valence-electron chi connectivity index (χ2n) is 6.47. The van der Waals surface area contributed by atoms with Gasteiger partial charge in [-0.05, 0) is 18.4 Å². The highest BCUT2D eigenvalue weighted by Crippen LogP contribution is 2.14. The van der Waals surface area contributed by atoms with E-state index in [-0.39, 0.29) is 30.1 Å². The maximum atomic E-state index is 12.0. The number of nitrogens with one attached hydrogen (secondary N) is 1. The summed E-state index contributed by atoms with van der Waals surface area (Å²) in [7, 11) is 0. The number of ether oxygens (including phenoxy) is 1. The van der Waals surface area contributed by atoms with Crippen LogP contribution in [-0.2, 0) is 16.1 Å². The molecule has 1 amide bonds. The van der Waals surface area contributed by atoms with E-state index in [1.807, 2.05) is 18.2 Å². The molecule has 0 spiro atoms. The number of nitrogens with zero attached hydrogens (tertiary/aromatic N) is 3. The summed E-state index contributed by atoms with van der Waals surface area (Å²) in [6.07, 6.45) is 4.45. The number of piperidine rings is 1. The number of anilines is 1. The molecule has 1 aromatic heterocycles. The van der Waals surface area contributed by atoms with E-state index in [4.69, 9.17) is 10.5 Å². The minimum atomic E-state index is -0.756. The first-order valence-electron chi connectivity index (χ1n) is 8.91. The van der Waals surface area contributed by atoms with E-state index >= 15 is 0 Å². The Kier molecular flexibility index (Phi) is 6.32. The molecule has 8 heteroatoms. The normalized spacial score (nSPS) is 15.3. The van der Waals surface area contributed by atoms with Crippen LogP contribution in [0.3, 0.4) is 0 Å². The Morgan fingerprint density at radius 2 is 1.85 bits per heavy atom. The number of nitrogen functional groups attached to an aromatic ring is 1. The van der Waals surface area contributed by atoms with Crippen LogP contribution in [-0.4, -0.2) is 52.5 Å². The molecule has 2 heterocycles. The van der Waals surface area contributed by atoms with Gasteiger partial charge in [0, 0.05) is 38.1 Å².